The van der Waals surface area contributed by atoms with E-state index in [0.717, 1.165) is 16.2 Å². The first-order chi connectivity index (χ1) is 9.60. The molecule has 0 aliphatic heterocycles. The Balaban J connectivity index is 2.31. The number of hydrogen-bond acceptors (Lipinski definition) is 3. The molecular formula is C16H18FNOS. The second-order valence-electron chi connectivity index (χ2n) is 4.69. The maximum Gasteiger partial charge on any atom is 0.137 e. The van der Waals surface area contributed by atoms with E-state index in [1.54, 1.807) is 13.2 Å². The van der Waals surface area contributed by atoms with E-state index in [1.807, 2.05) is 37.3 Å². The minimum Gasteiger partial charge on any atom is -0.497 e. The Kier molecular flexibility index (Phi) is 5.04. The van der Waals surface area contributed by atoms with Crippen molar-refractivity contribution in [1.29, 1.82) is 0 Å². The first-order valence-corrected chi connectivity index (χ1v) is 7.26. The Morgan fingerprint density at radius 3 is 2.70 bits per heavy atom. The van der Waals surface area contributed by atoms with Gasteiger partial charge in [-0.15, -0.1) is 0 Å². The van der Waals surface area contributed by atoms with Gasteiger partial charge in [-0.2, -0.15) is 0 Å². The molecular weight excluding hydrogens is 273 g/mol. The highest BCUT2D eigenvalue weighted by atomic mass is 32.2. The van der Waals surface area contributed by atoms with Gasteiger partial charge in [0.2, 0.25) is 0 Å². The SMILES string of the molecule is COc1cccc(Sc2c(F)cccc2CC(C)N)c1. The molecule has 0 aliphatic rings. The summed E-state index contributed by atoms with van der Waals surface area (Å²) in [6.45, 7) is 1.92. The molecule has 0 aliphatic carbocycles. The quantitative estimate of drug-likeness (QED) is 0.908. The third-order valence-electron chi connectivity index (χ3n) is 2.85. The lowest BCUT2D eigenvalue weighted by molar-refractivity contribution is 0.413. The van der Waals surface area contributed by atoms with Crippen molar-refractivity contribution in [2.75, 3.05) is 7.11 Å². The summed E-state index contributed by atoms with van der Waals surface area (Å²) in [7, 11) is 1.62. The summed E-state index contributed by atoms with van der Waals surface area (Å²) in [5, 5.41) is 0. The maximum atomic E-state index is 14.1. The molecule has 0 bridgehead atoms. The van der Waals surface area contributed by atoms with Gasteiger partial charge in [-0.05, 0) is 43.2 Å². The maximum absolute atomic E-state index is 14.1. The Labute approximate surface area is 123 Å². The standard InChI is InChI=1S/C16H18FNOS/c1-11(18)9-12-5-3-8-15(17)16(12)20-14-7-4-6-13(10-14)19-2/h3-8,10-11H,9,18H2,1-2H3. The normalized spacial score (nSPS) is 12.2. The molecule has 1 atom stereocenters. The van der Waals surface area contributed by atoms with Crippen LogP contribution in [-0.4, -0.2) is 13.2 Å². The third-order valence-corrected chi connectivity index (χ3v) is 4.00. The molecule has 2 aromatic rings. The molecule has 0 amide bonds. The molecule has 0 radical (unpaired) electrons. The molecule has 0 saturated carbocycles. The molecule has 2 N–H and O–H groups in total. The van der Waals surface area contributed by atoms with Crippen molar-refractivity contribution >= 4 is 11.8 Å². The number of ether oxygens (including phenoxy) is 1. The molecule has 0 fully saturated rings. The van der Waals surface area contributed by atoms with E-state index < -0.39 is 0 Å². The summed E-state index contributed by atoms with van der Waals surface area (Å²) >= 11 is 1.40. The summed E-state index contributed by atoms with van der Waals surface area (Å²) in [6.07, 6.45) is 0.657. The summed E-state index contributed by atoms with van der Waals surface area (Å²) in [4.78, 5) is 1.58. The zero-order valence-electron chi connectivity index (χ0n) is 11.6. The highest BCUT2D eigenvalue weighted by Gasteiger charge is 2.12. The van der Waals surface area contributed by atoms with Gasteiger partial charge in [0.05, 0.1) is 12.0 Å². The van der Waals surface area contributed by atoms with Crippen molar-refractivity contribution in [3.05, 3.63) is 53.8 Å². The smallest absolute Gasteiger partial charge is 0.137 e. The summed E-state index contributed by atoms with van der Waals surface area (Å²) in [5.41, 5.74) is 6.77. The van der Waals surface area contributed by atoms with Crippen LogP contribution in [0.4, 0.5) is 4.39 Å². The summed E-state index contributed by atoms with van der Waals surface area (Å²) < 4.78 is 19.3. The molecule has 0 spiro atoms. The molecule has 2 rings (SSSR count). The van der Waals surface area contributed by atoms with Crippen LogP contribution in [0, 0.1) is 5.82 Å². The van der Waals surface area contributed by atoms with Gasteiger partial charge < -0.3 is 10.5 Å². The van der Waals surface area contributed by atoms with Gasteiger partial charge >= 0.3 is 0 Å². The van der Waals surface area contributed by atoms with Gasteiger partial charge in [-0.25, -0.2) is 4.39 Å². The van der Waals surface area contributed by atoms with Crippen molar-refractivity contribution in [1.82, 2.24) is 0 Å². The minimum atomic E-state index is -0.212. The average Bonchev–Trinajstić information content (AvgIpc) is 2.42. The molecule has 0 aromatic heterocycles. The Morgan fingerprint density at radius 1 is 1.25 bits per heavy atom. The second kappa shape index (κ2) is 6.77. The van der Waals surface area contributed by atoms with Crippen LogP contribution in [0.1, 0.15) is 12.5 Å². The summed E-state index contributed by atoms with van der Waals surface area (Å²) in [6, 6.07) is 12.7. The van der Waals surface area contributed by atoms with Crippen LogP contribution in [0.5, 0.6) is 5.75 Å². The Bertz CT molecular complexity index is 586. The Hall–Kier alpha value is -1.52. The van der Waals surface area contributed by atoms with Gasteiger partial charge in [0.15, 0.2) is 0 Å². The van der Waals surface area contributed by atoms with E-state index in [1.165, 1.54) is 17.8 Å². The molecule has 0 heterocycles. The highest BCUT2D eigenvalue weighted by molar-refractivity contribution is 7.99. The first kappa shape index (κ1) is 14.9. The van der Waals surface area contributed by atoms with Gasteiger partial charge in [-0.3, -0.25) is 0 Å². The van der Waals surface area contributed by atoms with Crippen LogP contribution >= 0.6 is 11.8 Å². The van der Waals surface area contributed by atoms with Crippen LogP contribution in [0.15, 0.2) is 52.3 Å². The van der Waals surface area contributed by atoms with Crippen molar-refractivity contribution in [3.63, 3.8) is 0 Å². The fourth-order valence-electron chi connectivity index (χ4n) is 1.96. The lowest BCUT2D eigenvalue weighted by Gasteiger charge is -2.12. The van der Waals surface area contributed by atoms with Crippen molar-refractivity contribution in [2.45, 2.75) is 29.2 Å². The number of benzene rings is 2. The first-order valence-electron chi connectivity index (χ1n) is 6.45. The van der Waals surface area contributed by atoms with Crippen LogP contribution in [0.2, 0.25) is 0 Å². The van der Waals surface area contributed by atoms with Crippen LogP contribution < -0.4 is 10.5 Å². The molecule has 1 unspecified atom stereocenters. The topological polar surface area (TPSA) is 35.2 Å². The zero-order chi connectivity index (χ0) is 14.5. The molecule has 20 heavy (non-hydrogen) atoms. The van der Waals surface area contributed by atoms with E-state index >= 15 is 0 Å². The Morgan fingerprint density at radius 2 is 2.00 bits per heavy atom. The molecule has 4 heteroatoms. The van der Waals surface area contributed by atoms with Crippen molar-refractivity contribution in [2.24, 2.45) is 5.73 Å². The predicted octanol–water partition coefficient (Wildman–Crippen LogP) is 3.88. The third kappa shape index (κ3) is 3.74. The van der Waals surface area contributed by atoms with Crippen molar-refractivity contribution < 1.29 is 9.13 Å². The van der Waals surface area contributed by atoms with Crippen LogP contribution in [-0.2, 0) is 6.42 Å². The monoisotopic (exact) mass is 291 g/mol. The predicted molar refractivity (Wildman–Crippen MR) is 80.9 cm³/mol. The zero-order valence-corrected chi connectivity index (χ0v) is 12.4. The minimum absolute atomic E-state index is 0.00135. The lowest BCUT2D eigenvalue weighted by Crippen LogP contribution is -2.18. The average molecular weight is 291 g/mol. The van der Waals surface area contributed by atoms with E-state index in [4.69, 9.17) is 10.5 Å². The number of halogens is 1. The number of rotatable bonds is 5. The van der Waals surface area contributed by atoms with E-state index in [0.29, 0.717) is 11.3 Å². The summed E-state index contributed by atoms with van der Waals surface area (Å²) in [5.74, 6) is 0.552. The second-order valence-corrected chi connectivity index (χ2v) is 5.77. The molecule has 2 aromatic carbocycles. The number of nitrogens with two attached hydrogens (primary N) is 1. The fourth-order valence-corrected chi connectivity index (χ4v) is 2.96. The number of methoxy groups -OCH3 is 1. The molecule has 2 nitrogen and oxygen atoms in total. The van der Waals surface area contributed by atoms with E-state index in [9.17, 15) is 4.39 Å². The van der Waals surface area contributed by atoms with Gasteiger partial charge in [0, 0.05) is 10.9 Å². The molecule has 0 saturated heterocycles. The fraction of sp³-hybridized carbons (Fsp3) is 0.250. The van der Waals surface area contributed by atoms with E-state index in [-0.39, 0.29) is 11.9 Å². The number of hydrogen-bond donors (Lipinski definition) is 1. The van der Waals surface area contributed by atoms with Crippen LogP contribution in [0.25, 0.3) is 0 Å². The van der Waals surface area contributed by atoms with E-state index in [2.05, 4.69) is 0 Å². The largest absolute Gasteiger partial charge is 0.497 e. The van der Waals surface area contributed by atoms with Gasteiger partial charge in [0.1, 0.15) is 11.6 Å². The van der Waals surface area contributed by atoms with Crippen molar-refractivity contribution in [3.8, 4) is 5.75 Å². The lowest BCUT2D eigenvalue weighted by atomic mass is 10.1. The van der Waals surface area contributed by atoms with Gasteiger partial charge in [0.25, 0.3) is 0 Å². The van der Waals surface area contributed by atoms with Crippen LogP contribution in [0.3, 0.4) is 0 Å². The van der Waals surface area contributed by atoms with Gasteiger partial charge in [-0.1, -0.05) is 30.0 Å². The molecule has 106 valence electrons. The highest BCUT2D eigenvalue weighted by Crippen LogP contribution is 2.34.